The number of aromatic nitrogens is 6. The van der Waals surface area contributed by atoms with Gasteiger partial charge in [0.2, 0.25) is 11.8 Å². The second kappa shape index (κ2) is 25.1. The van der Waals surface area contributed by atoms with Crippen molar-refractivity contribution in [2.24, 2.45) is 17.6 Å². The molecule has 0 saturated heterocycles. The van der Waals surface area contributed by atoms with Gasteiger partial charge in [0.25, 0.3) is 11.8 Å². The van der Waals surface area contributed by atoms with Gasteiger partial charge in [-0.3, -0.25) is 33.9 Å². The third-order valence-electron chi connectivity index (χ3n) is 13.6. The number of carbonyl (C=O) groups is 7. The Morgan fingerprint density at radius 1 is 0.882 bits per heavy atom. The average Bonchev–Trinajstić information content (AvgIpc) is 4.15. The summed E-state index contributed by atoms with van der Waals surface area (Å²) in [6.45, 7) is 6.99. The minimum atomic E-state index is -0.837. The van der Waals surface area contributed by atoms with E-state index in [0.29, 0.717) is 62.9 Å². The Bertz CT molecular complexity index is 3110. The summed E-state index contributed by atoms with van der Waals surface area (Å²) in [5, 5.41) is 12.6. The van der Waals surface area contributed by atoms with Gasteiger partial charge < -0.3 is 36.3 Å². The number of anilines is 1. The van der Waals surface area contributed by atoms with Crippen LogP contribution in [0.1, 0.15) is 92.6 Å². The van der Waals surface area contributed by atoms with E-state index in [9.17, 15) is 33.6 Å². The number of fused-ring (bicyclic) bond motifs is 2. The van der Waals surface area contributed by atoms with E-state index in [0.717, 1.165) is 56.7 Å². The number of ketones is 1. The van der Waals surface area contributed by atoms with Crippen molar-refractivity contribution in [1.29, 1.82) is 0 Å². The van der Waals surface area contributed by atoms with E-state index in [-0.39, 0.29) is 68.4 Å². The number of carbonyl (C=O) groups excluding carboxylic acids is 7. The number of aryl methyl sites for hydroxylation is 3. The normalized spacial score (nSPS) is 13.9. The zero-order valence-corrected chi connectivity index (χ0v) is 43.1. The van der Waals surface area contributed by atoms with E-state index in [4.69, 9.17) is 20.4 Å². The quantitative estimate of drug-likeness (QED) is 0.0319. The van der Waals surface area contributed by atoms with Gasteiger partial charge in [-0.05, 0) is 110 Å². The fraction of sp³-hybridized carbons (Fsp3) is 0.375. The Hall–Kier alpha value is -8.55. The maximum Gasteiger partial charge on any atom is 0.410 e. The van der Waals surface area contributed by atoms with Crippen LogP contribution in [0.25, 0.3) is 28.3 Å². The van der Waals surface area contributed by atoms with Crippen LogP contribution in [0.4, 0.5) is 15.3 Å². The third kappa shape index (κ3) is 14.0. The molecule has 0 fully saturated rings. The molecule has 396 valence electrons. The molecule has 0 saturated carbocycles. The molecule has 20 nitrogen and oxygen atoms in total. The standard InChI is InChI=1S/C56H64N12O8/c1-35(2)51(65-48(70)15-5-4-6-28-67-49(71)24-25-50(67)72)45(69)30-39(13-9-27-58-55(57)74)54(73)62-42-20-16-37(17-21-42)33-76-56(75)66-29-26-43-38(11-8-12-40(43)31-66)18-22-46-63-52(41-19-23-47-59-34-60-68(47)32-41)53(64-46)44-14-7-10-36(3)61-44/h7-8,10-12,14,16-17,19-21,23-25,32,34-35,39,51H,4-6,9,13,15,18,22,26-31,33H2,1-3H3,(H,62,73)(H,63,64)(H,65,70)(H3,57,58,74)/t39-,51+/m1/s1. The van der Waals surface area contributed by atoms with Crippen LogP contribution in [-0.4, -0.2) is 107 Å². The van der Waals surface area contributed by atoms with Crippen molar-refractivity contribution in [3.05, 3.63) is 131 Å². The fourth-order valence-corrected chi connectivity index (χ4v) is 9.57. The second-order valence-corrected chi connectivity index (χ2v) is 19.6. The van der Waals surface area contributed by atoms with Crippen LogP contribution in [0, 0.1) is 18.8 Å². The number of unbranched alkanes of at least 4 members (excludes halogenated alkanes) is 2. The van der Waals surface area contributed by atoms with Crippen LogP contribution >= 0.6 is 0 Å². The van der Waals surface area contributed by atoms with Gasteiger partial charge in [-0.1, -0.05) is 56.7 Å². The first-order valence-corrected chi connectivity index (χ1v) is 25.8. The molecule has 6 aromatic rings. The Kier molecular flexibility index (Phi) is 17.8. The number of rotatable bonds is 24. The highest BCUT2D eigenvalue weighted by molar-refractivity contribution is 6.12. The highest BCUT2D eigenvalue weighted by atomic mass is 16.6. The number of benzene rings is 2. The number of ether oxygens (including phenoxy) is 1. The Labute approximate surface area is 440 Å². The van der Waals surface area contributed by atoms with E-state index >= 15 is 0 Å². The zero-order valence-electron chi connectivity index (χ0n) is 43.1. The van der Waals surface area contributed by atoms with Crippen LogP contribution in [0.2, 0.25) is 0 Å². The van der Waals surface area contributed by atoms with E-state index in [1.807, 2.05) is 63.4 Å². The van der Waals surface area contributed by atoms with E-state index in [1.165, 1.54) is 29.6 Å². The third-order valence-corrected chi connectivity index (χ3v) is 13.6. The van der Waals surface area contributed by atoms with Gasteiger partial charge in [0.1, 0.15) is 18.8 Å². The smallest absolute Gasteiger partial charge is 0.410 e. The Balaban J connectivity index is 0.820. The highest BCUT2D eigenvalue weighted by Crippen LogP contribution is 2.31. The lowest BCUT2D eigenvalue weighted by atomic mass is 9.89. The number of imidazole rings is 1. The molecule has 8 rings (SSSR count). The van der Waals surface area contributed by atoms with Crippen LogP contribution in [0.5, 0.6) is 0 Å². The topological polar surface area (TPSA) is 269 Å². The summed E-state index contributed by atoms with van der Waals surface area (Å²) in [5.41, 5.74) is 14.9. The Morgan fingerprint density at radius 2 is 1.67 bits per heavy atom. The molecule has 0 aliphatic carbocycles. The first-order chi connectivity index (χ1) is 36.7. The van der Waals surface area contributed by atoms with Crippen molar-refractivity contribution in [3.8, 4) is 22.6 Å². The molecule has 4 aromatic heterocycles. The summed E-state index contributed by atoms with van der Waals surface area (Å²) in [7, 11) is 0. The Morgan fingerprint density at radius 3 is 2.43 bits per heavy atom. The lowest BCUT2D eigenvalue weighted by molar-refractivity contribution is -0.137. The number of nitrogens with zero attached hydrogens (tertiary/aromatic N) is 7. The van der Waals surface area contributed by atoms with Crippen molar-refractivity contribution in [3.63, 3.8) is 0 Å². The highest BCUT2D eigenvalue weighted by Gasteiger charge is 2.30. The van der Waals surface area contributed by atoms with Gasteiger partial charge >= 0.3 is 12.1 Å². The maximum atomic E-state index is 13.8. The summed E-state index contributed by atoms with van der Waals surface area (Å²) in [5.74, 6) is -1.92. The molecule has 0 bridgehead atoms. The molecule has 20 heteroatoms. The summed E-state index contributed by atoms with van der Waals surface area (Å²) >= 11 is 0. The first-order valence-electron chi connectivity index (χ1n) is 25.8. The number of primary amides is 1. The minimum Gasteiger partial charge on any atom is -0.445 e. The second-order valence-electron chi connectivity index (χ2n) is 19.6. The van der Waals surface area contributed by atoms with Crippen molar-refractivity contribution in [1.82, 2.24) is 50.0 Å². The minimum absolute atomic E-state index is 0.0129. The van der Waals surface area contributed by atoms with Crippen LogP contribution in [0.3, 0.4) is 0 Å². The molecule has 0 spiro atoms. The predicted octanol–water partition coefficient (Wildman–Crippen LogP) is 6.56. The van der Waals surface area contributed by atoms with Crippen molar-refractivity contribution in [2.75, 3.05) is 25.0 Å². The lowest BCUT2D eigenvalue weighted by Gasteiger charge is -2.29. The van der Waals surface area contributed by atoms with Gasteiger partial charge in [0.15, 0.2) is 11.4 Å². The number of H-pyrrole nitrogens is 1. The fourth-order valence-electron chi connectivity index (χ4n) is 9.57. The molecular formula is C56H64N12O8. The van der Waals surface area contributed by atoms with Crippen LogP contribution in [-0.2, 0) is 61.1 Å². The molecule has 0 radical (unpaired) electrons. The number of nitrogens with two attached hydrogens (primary N) is 1. The van der Waals surface area contributed by atoms with Gasteiger partial charge in [0, 0.05) is 86.7 Å². The SMILES string of the molecule is Cc1cccc(-c2[nH]c(CCc3cccc4c3CCN(C(=O)OCc3ccc(NC(=O)[C@H](CCCNC(N)=O)CC(=O)[C@@H](NC(=O)CCCCCN5C(=O)C=CC5=O)C(C)C)cc3)C4)nc2-c2ccc3ncnn3c2)n1. The average molecular weight is 1030 g/mol. The van der Waals surface area contributed by atoms with Gasteiger partial charge in [-0.25, -0.2) is 24.1 Å². The van der Waals surface area contributed by atoms with Gasteiger partial charge in [0.05, 0.1) is 23.1 Å². The summed E-state index contributed by atoms with van der Waals surface area (Å²) in [6.07, 6.45) is 9.83. The summed E-state index contributed by atoms with van der Waals surface area (Å²) in [6, 6.07) is 21.4. The van der Waals surface area contributed by atoms with Crippen molar-refractivity contribution in [2.45, 2.75) is 104 Å². The zero-order chi connectivity index (χ0) is 53.7. The van der Waals surface area contributed by atoms with E-state index < -0.39 is 30.0 Å². The number of pyridine rings is 2. The number of Topliss-reactive ketones (excluding diaryl/α,β-unsaturated/α-hetero) is 1. The van der Waals surface area contributed by atoms with Crippen LogP contribution < -0.4 is 21.7 Å². The molecular weight excluding hydrogens is 969 g/mol. The molecule has 76 heavy (non-hydrogen) atoms. The number of aromatic amines is 1. The lowest BCUT2D eigenvalue weighted by Crippen LogP contribution is -2.45. The molecule has 6 heterocycles. The summed E-state index contributed by atoms with van der Waals surface area (Å²) < 4.78 is 7.50. The molecule has 2 atom stereocenters. The number of hydrogen-bond donors (Lipinski definition) is 5. The number of imide groups is 1. The van der Waals surface area contributed by atoms with Crippen LogP contribution in [0.15, 0.2) is 97.5 Å². The predicted molar refractivity (Wildman–Crippen MR) is 283 cm³/mol. The number of urea groups is 1. The molecule has 7 amide bonds. The molecule has 2 aliphatic rings. The summed E-state index contributed by atoms with van der Waals surface area (Å²) in [4.78, 5) is 109. The molecule has 2 aromatic carbocycles. The molecule has 0 unspecified atom stereocenters. The maximum absolute atomic E-state index is 13.8. The monoisotopic (exact) mass is 1030 g/mol. The molecule has 2 aliphatic heterocycles. The first kappa shape index (κ1) is 53.7. The number of hydrogen-bond acceptors (Lipinski definition) is 12. The number of nitrogens with one attached hydrogen (secondary N) is 4. The van der Waals surface area contributed by atoms with Crippen molar-refractivity contribution < 1.29 is 38.3 Å². The number of amides is 7. The van der Waals surface area contributed by atoms with Gasteiger partial charge in [-0.2, -0.15) is 5.10 Å². The van der Waals surface area contributed by atoms with E-state index in [1.54, 1.807) is 33.7 Å². The van der Waals surface area contributed by atoms with E-state index in [2.05, 4.69) is 43.1 Å². The molecule has 6 N–H and O–H groups in total. The van der Waals surface area contributed by atoms with Gasteiger partial charge in [-0.15, -0.1) is 0 Å². The van der Waals surface area contributed by atoms with Crippen molar-refractivity contribution >= 4 is 52.9 Å². The largest absolute Gasteiger partial charge is 0.445 e.